The summed E-state index contributed by atoms with van der Waals surface area (Å²) in [6.45, 7) is 5.37. The summed E-state index contributed by atoms with van der Waals surface area (Å²) in [4.78, 5) is 18.3. The fraction of sp³-hybridized carbons (Fsp3) is 0.412. The third-order valence-corrected chi connectivity index (χ3v) is 4.73. The Labute approximate surface area is 140 Å². The van der Waals surface area contributed by atoms with Crippen LogP contribution >= 0.6 is 11.3 Å². The predicted molar refractivity (Wildman–Crippen MR) is 92.3 cm³/mol. The van der Waals surface area contributed by atoms with Gasteiger partial charge < -0.3 is 9.64 Å². The van der Waals surface area contributed by atoms with Gasteiger partial charge in [0.05, 0.1) is 5.69 Å². The molecular formula is C17H21N3O2S. The van der Waals surface area contributed by atoms with E-state index in [4.69, 9.17) is 4.74 Å². The maximum atomic E-state index is 12.2. The summed E-state index contributed by atoms with van der Waals surface area (Å²) in [7, 11) is 0. The van der Waals surface area contributed by atoms with Gasteiger partial charge in [0.2, 0.25) is 0 Å². The molecule has 122 valence electrons. The van der Waals surface area contributed by atoms with E-state index in [1.54, 1.807) is 0 Å². The van der Waals surface area contributed by atoms with Crippen molar-refractivity contribution in [3.63, 3.8) is 0 Å². The Morgan fingerprint density at radius 3 is 2.78 bits per heavy atom. The second-order valence-corrected chi connectivity index (χ2v) is 6.70. The van der Waals surface area contributed by atoms with Crippen LogP contribution in [0.4, 0.5) is 9.93 Å². The lowest BCUT2D eigenvalue weighted by Gasteiger charge is -2.32. The second-order valence-electron chi connectivity index (χ2n) is 5.84. The summed E-state index contributed by atoms with van der Waals surface area (Å²) in [5.41, 5.74) is 2.12. The van der Waals surface area contributed by atoms with Crippen molar-refractivity contribution in [3.8, 4) is 5.75 Å². The number of urea groups is 1. The van der Waals surface area contributed by atoms with Crippen LogP contribution in [-0.2, 0) is 0 Å². The average Bonchev–Trinajstić information content (AvgIpc) is 2.93. The monoisotopic (exact) mass is 331 g/mol. The molecule has 1 aromatic carbocycles. The summed E-state index contributed by atoms with van der Waals surface area (Å²) >= 11 is 1.45. The van der Waals surface area contributed by atoms with E-state index >= 15 is 0 Å². The van der Waals surface area contributed by atoms with Crippen LogP contribution in [0.5, 0.6) is 5.75 Å². The van der Waals surface area contributed by atoms with E-state index in [0.717, 1.165) is 24.3 Å². The van der Waals surface area contributed by atoms with Crippen molar-refractivity contribution in [2.45, 2.75) is 32.8 Å². The van der Waals surface area contributed by atoms with Crippen LogP contribution in [0, 0.1) is 13.8 Å². The maximum Gasteiger partial charge on any atom is 0.323 e. The van der Waals surface area contributed by atoms with Gasteiger partial charge in [-0.05, 0) is 31.5 Å². The number of aryl methyl sites for hydroxylation is 2. The van der Waals surface area contributed by atoms with E-state index < -0.39 is 0 Å². The first-order valence-corrected chi connectivity index (χ1v) is 8.69. The van der Waals surface area contributed by atoms with E-state index in [-0.39, 0.29) is 12.1 Å². The number of nitrogens with zero attached hydrogens (tertiary/aromatic N) is 2. The molecule has 0 radical (unpaired) electrons. The lowest BCUT2D eigenvalue weighted by atomic mass is 10.1. The molecular weight excluding hydrogens is 310 g/mol. The number of amides is 2. The molecule has 2 amide bonds. The first kappa shape index (κ1) is 15.8. The average molecular weight is 331 g/mol. The predicted octanol–water partition coefficient (Wildman–Crippen LogP) is 3.84. The number of piperidine rings is 1. The van der Waals surface area contributed by atoms with Crippen LogP contribution < -0.4 is 10.1 Å². The Kier molecular flexibility index (Phi) is 4.81. The topological polar surface area (TPSA) is 54.5 Å². The molecule has 1 fully saturated rings. The molecule has 1 saturated heterocycles. The molecule has 1 N–H and O–H groups in total. The zero-order chi connectivity index (χ0) is 16.2. The Morgan fingerprint density at radius 1 is 1.35 bits per heavy atom. The Morgan fingerprint density at radius 2 is 2.13 bits per heavy atom. The summed E-state index contributed by atoms with van der Waals surface area (Å²) in [6, 6.07) is 8.01. The van der Waals surface area contributed by atoms with Crippen molar-refractivity contribution < 1.29 is 9.53 Å². The van der Waals surface area contributed by atoms with E-state index in [9.17, 15) is 4.79 Å². The summed E-state index contributed by atoms with van der Waals surface area (Å²) in [5, 5.41) is 5.44. The van der Waals surface area contributed by atoms with Gasteiger partial charge in [-0.2, -0.15) is 0 Å². The minimum absolute atomic E-state index is 0.0756. The minimum Gasteiger partial charge on any atom is -0.490 e. The molecule has 1 aliphatic rings. The molecule has 0 unspecified atom stereocenters. The molecule has 5 nitrogen and oxygen atoms in total. The van der Waals surface area contributed by atoms with Crippen molar-refractivity contribution in [1.82, 2.24) is 9.88 Å². The van der Waals surface area contributed by atoms with Gasteiger partial charge in [-0.15, -0.1) is 11.3 Å². The van der Waals surface area contributed by atoms with Crippen molar-refractivity contribution in [1.29, 1.82) is 0 Å². The van der Waals surface area contributed by atoms with E-state index in [1.165, 1.54) is 16.9 Å². The third-order valence-electron chi connectivity index (χ3n) is 3.85. The standard InChI is InChI=1S/C17H21N3O2S/c1-12-4-3-5-15(10-12)22-14-6-8-20(9-7-14)17(21)19-16-18-13(2)11-23-16/h3-5,10-11,14H,6-9H2,1-2H3,(H,18,19,21). The number of carbonyl (C=O) groups is 1. The molecule has 1 aromatic heterocycles. The number of carbonyl (C=O) groups excluding carboxylic acids is 1. The van der Waals surface area contributed by atoms with E-state index in [1.807, 2.05) is 35.4 Å². The van der Waals surface area contributed by atoms with Crippen molar-refractivity contribution in [3.05, 3.63) is 40.9 Å². The number of aromatic nitrogens is 1. The fourth-order valence-corrected chi connectivity index (χ4v) is 3.32. The normalized spacial score (nSPS) is 15.5. The van der Waals surface area contributed by atoms with Crippen molar-refractivity contribution in [2.24, 2.45) is 0 Å². The molecule has 6 heteroatoms. The SMILES string of the molecule is Cc1cccc(OC2CCN(C(=O)Nc3nc(C)cs3)CC2)c1. The Hall–Kier alpha value is -2.08. The van der Waals surface area contributed by atoms with Gasteiger partial charge in [0, 0.05) is 31.3 Å². The van der Waals surface area contributed by atoms with Crippen molar-refractivity contribution >= 4 is 22.5 Å². The van der Waals surface area contributed by atoms with Gasteiger partial charge in [0.25, 0.3) is 0 Å². The second kappa shape index (κ2) is 7.00. The van der Waals surface area contributed by atoms with Crippen LogP contribution in [0.25, 0.3) is 0 Å². The molecule has 0 aliphatic carbocycles. The molecule has 0 spiro atoms. The summed E-state index contributed by atoms with van der Waals surface area (Å²) in [6.07, 6.45) is 1.86. The highest BCUT2D eigenvalue weighted by molar-refractivity contribution is 7.13. The highest BCUT2D eigenvalue weighted by Crippen LogP contribution is 2.21. The molecule has 3 rings (SSSR count). The fourth-order valence-electron chi connectivity index (χ4n) is 2.64. The van der Waals surface area contributed by atoms with Gasteiger partial charge in [0.1, 0.15) is 11.9 Å². The lowest BCUT2D eigenvalue weighted by Crippen LogP contribution is -2.43. The molecule has 2 heterocycles. The zero-order valence-corrected chi connectivity index (χ0v) is 14.2. The zero-order valence-electron chi connectivity index (χ0n) is 13.4. The smallest absolute Gasteiger partial charge is 0.323 e. The first-order chi connectivity index (χ1) is 11.1. The lowest BCUT2D eigenvalue weighted by molar-refractivity contribution is 0.115. The number of thiazole rings is 1. The third kappa shape index (κ3) is 4.22. The number of benzene rings is 1. The Bertz CT molecular complexity index is 678. The molecule has 2 aromatic rings. The molecule has 1 aliphatic heterocycles. The van der Waals surface area contributed by atoms with Crippen LogP contribution in [-0.4, -0.2) is 35.1 Å². The number of anilines is 1. The molecule has 0 bridgehead atoms. The van der Waals surface area contributed by atoms with Crippen LogP contribution in [0.2, 0.25) is 0 Å². The largest absolute Gasteiger partial charge is 0.490 e. The molecule has 0 atom stereocenters. The number of hydrogen-bond donors (Lipinski definition) is 1. The quantitative estimate of drug-likeness (QED) is 0.930. The maximum absolute atomic E-state index is 12.2. The molecule has 23 heavy (non-hydrogen) atoms. The van der Waals surface area contributed by atoms with E-state index in [2.05, 4.69) is 23.3 Å². The van der Waals surface area contributed by atoms with Gasteiger partial charge in [0.15, 0.2) is 5.13 Å². The molecule has 0 saturated carbocycles. The highest BCUT2D eigenvalue weighted by atomic mass is 32.1. The van der Waals surface area contributed by atoms with Crippen LogP contribution in [0.1, 0.15) is 24.1 Å². The number of hydrogen-bond acceptors (Lipinski definition) is 4. The number of ether oxygens (including phenoxy) is 1. The van der Waals surface area contributed by atoms with Crippen LogP contribution in [0.3, 0.4) is 0 Å². The number of likely N-dealkylation sites (tertiary alicyclic amines) is 1. The first-order valence-electron chi connectivity index (χ1n) is 7.81. The highest BCUT2D eigenvalue weighted by Gasteiger charge is 2.24. The van der Waals surface area contributed by atoms with Gasteiger partial charge >= 0.3 is 6.03 Å². The van der Waals surface area contributed by atoms with Gasteiger partial charge in [-0.1, -0.05) is 12.1 Å². The van der Waals surface area contributed by atoms with Crippen LogP contribution in [0.15, 0.2) is 29.6 Å². The van der Waals surface area contributed by atoms with Crippen molar-refractivity contribution in [2.75, 3.05) is 18.4 Å². The number of nitrogens with one attached hydrogen (secondary N) is 1. The van der Waals surface area contributed by atoms with E-state index in [0.29, 0.717) is 18.2 Å². The summed E-state index contributed by atoms with van der Waals surface area (Å²) in [5.74, 6) is 0.908. The number of rotatable bonds is 3. The Balaban J connectivity index is 1.49. The van der Waals surface area contributed by atoms with Gasteiger partial charge in [-0.25, -0.2) is 9.78 Å². The summed E-state index contributed by atoms with van der Waals surface area (Å²) < 4.78 is 6.02. The minimum atomic E-state index is -0.0756. The van der Waals surface area contributed by atoms with Gasteiger partial charge in [-0.3, -0.25) is 5.32 Å².